The fourth-order valence-electron chi connectivity index (χ4n) is 1.21. The third-order valence-electron chi connectivity index (χ3n) is 1.72. The molecular weight excluding hydrogens is 154 g/mol. The Kier molecular flexibility index (Phi) is 3.14. The summed E-state index contributed by atoms with van der Waals surface area (Å²) in [6, 6.07) is 0. The molecule has 1 rings (SSSR count). The molecule has 0 bridgehead atoms. The zero-order valence-electron chi connectivity index (χ0n) is 7.58. The number of oxime groups is 1. The zero-order valence-corrected chi connectivity index (χ0v) is 7.58. The summed E-state index contributed by atoms with van der Waals surface area (Å²) < 4.78 is 5.46. The predicted octanol–water partition coefficient (Wildman–Crippen LogP) is 2.31. The number of hydrogen-bond acceptors (Lipinski definition) is 3. The highest BCUT2D eigenvalue weighted by Gasteiger charge is 2.14. The second-order valence-corrected chi connectivity index (χ2v) is 3.17. The molecule has 12 heavy (non-hydrogen) atoms. The molecule has 0 spiro atoms. The maximum absolute atomic E-state index is 8.64. The maximum Gasteiger partial charge on any atom is 0.140 e. The normalized spacial score (nSPS) is 21.2. The van der Waals surface area contributed by atoms with Crippen molar-refractivity contribution < 1.29 is 9.94 Å². The molecule has 1 aliphatic carbocycles. The van der Waals surface area contributed by atoms with Gasteiger partial charge in [0.2, 0.25) is 0 Å². The van der Waals surface area contributed by atoms with Crippen LogP contribution in [-0.4, -0.2) is 17.0 Å². The average Bonchev–Trinajstić information content (AvgIpc) is 2.04. The largest absolute Gasteiger partial charge is 0.489 e. The van der Waals surface area contributed by atoms with Gasteiger partial charge < -0.3 is 9.94 Å². The molecule has 3 heteroatoms. The Hall–Kier alpha value is -0.990. The molecular formula is C9H15NO2. The Morgan fingerprint density at radius 3 is 2.92 bits per heavy atom. The summed E-state index contributed by atoms with van der Waals surface area (Å²) in [5.74, 6) is 0.749. The summed E-state index contributed by atoms with van der Waals surface area (Å²) in [5.41, 5.74) is 0.676. The van der Waals surface area contributed by atoms with Crippen LogP contribution in [0.2, 0.25) is 0 Å². The second kappa shape index (κ2) is 4.14. The first-order chi connectivity index (χ1) is 5.74. The lowest BCUT2D eigenvalue weighted by atomic mass is 10.0. The minimum atomic E-state index is 0.145. The average molecular weight is 169 g/mol. The molecule has 0 radical (unpaired) electrons. The van der Waals surface area contributed by atoms with Crippen molar-refractivity contribution in [3.63, 3.8) is 0 Å². The van der Waals surface area contributed by atoms with Crippen molar-refractivity contribution in [1.29, 1.82) is 0 Å². The third-order valence-corrected chi connectivity index (χ3v) is 1.72. The molecule has 0 aromatic carbocycles. The number of hydrogen-bond donors (Lipinski definition) is 1. The van der Waals surface area contributed by atoms with E-state index in [2.05, 4.69) is 5.16 Å². The molecule has 0 fully saturated rings. The minimum absolute atomic E-state index is 0.145. The first-order valence-corrected chi connectivity index (χ1v) is 4.32. The lowest BCUT2D eigenvalue weighted by Crippen LogP contribution is -2.14. The summed E-state index contributed by atoms with van der Waals surface area (Å²) in [4.78, 5) is 0. The Bertz CT molecular complexity index is 207. The Morgan fingerprint density at radius 2 is 2.33 bits per heavy atom. The molecule has 0 heterocycles. The van der Waals surface area contributed by atoms with Crippen LogP contribution in [0.4, 0.5) is 0 Å². The van der Waals surface area contributed by atoms with Gasteiger partial charge in [0.1, 0.15) is 11.5 Å². The molecule has 0 aromatic heterocycles. The molecule has 0 unspecified atom stereocenters. The zero-order chi connectivity index (χ0) is 8.97. The Labute approximate surface area is 72.7 Å². The highest BCUT2D eigenvalue weighted by atomic mass is 16.5. The topological polar surface area (TPSA) is 41.8 Å². The highest BCUT2D eigenvalue weighted by Crippen LogP contribution is 2.17. The van der Waals surface area contributed by atoms with Crippen LogP contribution >= 0.6 is 0 Å². The van der Waals surface area contributed by atoms with E-state index in [0.717, 1.165) is 25.0 Å². The fourth-order valence-corrected chi connectivity index (χ4v) is 1.21. The molecule has 0 atom stereocenters. The van der Waals surface area contributed by atoms with Gasteiger partial charge in [-0.3, -0.25) is 0 Å². The van der Waals surface area contributed by atoms with E-state index < -0.39 is 0 Å². The van der Waals surface area contributed by atoms with Crippen LogP contribution in [0.15, 0.2) is 17.0 Å². The van der Waals surface area contributed by atoms with Gasteiger partial charge in [-0.1, -0.05) is 5.16 Å². The van der Waals surface area contributed by atoms with Crippen molar-refractivity contribution in [1.82, 2.24) is 0 Å². The molecule has 0 aromatic rings. The van der Waals surface area contributed by atoms with E-state index in [4.69, 9.17) is 9.94 Å². The molecule has 1 N–H and O–H groups in total. The highest BCUT2D eigenvalue weighted by molar-refractivity contribution is 5.98. The van der Waals surface area contributed by atoms with Crippen LogP contribution in [0.1, 0.15) is 33.1 Å². The van der Waals surface area contributed by atoms with Crippen molar-refractivity contribution in [3.8, 4) is 0 Å². The van der Waals surface area contributed by atoms with Gasteiger partial charge in [-0.25, -0.2) is 0 Å². The lowest BCUT2D eigenvalue weighted by molar-refractivity contribution is 0.158. The van der Waals surface area contributed by atoms with Crippen LogP contribution < -0.4 is 0 Å². The molecule has 1 aliphatic rings. The van der Waals surface area contributed by atoms with Crippen molar-refractivity contribution in [2.75, 3.05) is 0 Å². The van der Waals surface area contributed by atoms with E-state index in [9.17, 15) is 0 Å². The van der Waals surface area contributed by atoms with Gasteiger partial charge in [-0.2, -0.15) is 0 Å². The van der Waals surface area contributed by atoms with E-state index in [1.807, 2.05) is 19.9 Å². The predicted molar refractivity (Wildman–Crippen MR) is 47.4 cm³/mol. The van der Waals surface area contributed by atoms with E-state index in [1.54, 1.807) is 0 Å². The molecule has 0 amide bonds. The van der Waals surface area contributed by atoms with Crippen molar-refractivity contribution in [2.45, 2.75) is 39.2 Å². The summed E-state index contributed by atoms with van der Waals surface area (Å²) in [7, 11) is 0. The number of ether oxygens (including phenoxy) is 1. The van der Waals surface area contributed by atoms with E-state index in [-0.39, 0.29) is 6.10 Å². The smallest absolute Gasteiger partial charge is 0.140 e. The summed E-state index contributed by atoms with van der Waals surface area (Å²) in [5, 5.41) is 11.8. The van der Waals surface area contributed by atoms with Crippen molar-refractivity contribution in [3.05, 3.63) is 11.8 Å². The number of rotatable bonds is 2. The van der Waals surface area contributed by atoms with E-state index >= 15 is 0 Å². The Morgan fingerprint density at radius 1 is 1.58 bits per heavy atom. The summed E-state index contributed by atoms with van der Waals surface area (Å²) in [6.45, 7) is 3.93. The van der Waals surface area contributed by atoms with Crippen LogP contribution in [0.3, 0.4) is 0 Å². The summed E-state index contributed by atoms with van der Waals surface area (Å²) in [6.07, 6.45) is 5.00. The lowest BCUT2D eigenvalue weighted by Gasteiger charge is -2.17. The summed E-state index contributed by atoms with van der Waals surface area (Å²) >= 11 is 0. The van der Waals surface area contributed by atoms with E-state index in [0.29, 0.717) is 5.71 Å². The van der Waals surface area contributed by atoms with E-state index in [1.165, 1.54) is 0 Å². The van der Waals surface area contributed by atoms with Crippen molar-refractivity contribution >= 4 is 5.71 Å². The fraction of sp³-hybridized carbons (Fsp3) is 0.667. The van der Waals surface area contributed by atoms with Crippen LogP contribution in [0.25, 0.3) is 0 Å². The first-order valence-electron chi connectivity index (χ1n) is 4.32. The molecule has 0 aliphatic heterocycles. The van der Waals surface area contributed by atoms with Crippen LogP contribution in [0.5, 0.6) is 0 Å². The number of allylic oxidation sites excluding steroid dienone is 2. The second-order valence-electron chi connectivity index (χ2n) is 3.17. The molecule has 0 saturated carbocycles. The minimum Gasteiger partial charge on any atom is -0.489 e. The van der Waals surface area contributed by atoms with Crippen molar-refractivity contribution in [2.24, 2.45) is 5.16 Å². The monoisotopic (exact) mass is 169 g/mol. The number of nitrogens with zero attached hydrogens (tertiary/aromatic N) is 1. The third kappa shape index (κ3) is 2.26. The van der Waals surface area contributed by atoms with Gasteiger partial charge in [0.15, 0.2) is 0 Å². The van der Waals surface area contributed by atoms with Gasteiger partial charge in [0.05, 0.1) is 6.10 Å². The standard InChI is InChI=1S/C9H15NO2/c1-7(2)12-9-6-4-3-5-8(9)10-11/h6-7,11H,3-5H2,1-2H3/b10-8-. The maximum atomic E-state index is 8.64. The van der Waals surface area contributed by atoms with Gasteiger partial charge in [0.25, 0.3) is 0 Å². The van der Waals surface area contributed by atoms with Gasteiger partial charge in [-0.05, 0) is 39.2 Å². The first kappa shape index (κ1) is 9.10. The van der Waals surface area contributed by atoms with Gasteiger partial charge in [0, 0.05) is 0 Å². The molecule has 0 saturated heterocycles. The van der Waals surface area contributed by atoms with Crippen LogP contribution in [0, 0.1) is 0 Å². The van der Waals surface area contributed by atoms with Gasteiger partial charge >= 0.3 is 0 Å². The van der Waals surface area contributed by atoms with Gasteiger partial charge in [-0.15, -0.1) is 0 Å². The Balaban J connectivity index is 2.65. The quantitative estimate of drug-likeness (QED) is 0.509. The molecule has 68 valence electrons. The molecule has 3 nitrogen and oxygen atoms in total. The van der Waals surface area contributed by atoms with Crippen LogP contribution in [-0.2, 0) is 4.74 Å². The SMILES string of the molecule is CC(C)OC1=CCCC/C1=N/O.